The average Bonchev–Trinajstić information content (AvgIpc) is 2.04. The van der Waals surface area contributed by atoms with E-state index in [1.165, 1.54) is 0 Å². The molecule has 13 heavy (non-hydrogen) atoms. The van der Waals surface area contributed by atoms with E-state index in [9.17, 15) is 9.90 Å². The maximum Gasteiger partial charge on any atom is 0.335 e. The smallest absolute Gasteiger partial charge is 0.335 e. The van der Waals surface area contributed by atoms with Crippen LogP contribution in [0.4, 0.5) is 0 Å². The highest BCUT2D eigenvalue weighted by atomic mass is 16.4. The molecule has 0 spiro atoms. The van der Waals surface area contributed by atoms with Gasteiger partial charge in [0.2, 0.25) is 0 Å². The Morgan fingerprint density at radius 2 is 2.15 bits per heavy atom. The van der Waals surface area contributed by atoms with E-state index >= 15 is 0 Å². The van der Waals surface area contributed by atoms with Crippen molar-refractivity contribution in [2.24, 2.45) is 11.8 Å². The van der Waals surface area contributed by atoms with Crippen LogP contribution in [0.2, 0.25) is 0 Å². The fraction of sp³-hybridized carbons (Fsp3) is 0.900. The summed E-state index contributed by atoms with van der Waals surface area (Å²) in [4.78, 5) is 10.8. The molecule has 1 aliphatic carbocycles. The lowest BCUT2D eigenvalue weighted by atomic mass is 9.74. The number of hydrogen-bond donors (Lipinski definition) is 2. The third-order valence-electron chi connectivity index (χ3n) is 3.11. The number of carboxylic acid groups (broad SMARTS) is 1. The van der Waals surface area contributed by atoms with Gasteiger partial charge in [0.25, 0.3) is 0 Å². The average molecular weight is 186 g/mol. The third kappa shape index (κ3) is 2.21. The molecule has 0 aromatic heterocycles. The minimum Gasteiger partial charge on any atom is -0.479 e. The van der Waals surface area contributed by atoms with E-state index in [4.69, 9.17) is 5.11 Å². The van der Waals surface area contributed by atoms with Gasteiger partial charge in [-0.1, -0.05) is 13.8 Å². The lowest BCUT2D eigenvalue weighted by Gasteiger charge is -2.35. The van der Waals surface area contributed by atoms with Gasteiger partial charge in [0, 0.05) is 0 Å². The maximum atomic E-state index is 10.8. The Balaban J connectivity index is 2.65. The normalized spacial score (nSPS) is 34.9. The maximum absolute atomic E-state index is 10.8. The molecule has 76 valence electrons. The van der Waals surface area contributed by atoms with E-state index in [0.29, 0.717) is 24.7 Å². The van der Waals surface area contributed by atoms with Crippen LogP contribution in [-0.4, -0.2) is 21.8 Å². The molecule has 2 atom stereocenters. The Bertz CT molecular complexity index is 200. The van der Waals surface area contributed by atoms with Crippen LogP contribution in [0, 0.1) is 11.8 Å². The Labute approximate surface area is 78.8 Å². The molecule has 0 saturated heterocycles. The van der Waals surface area contributed by atoms with Gasteiger partial charge in [0.1, 0.15) is 0 Å². The van der Waals surface area contributed by atoms with E-state index in [-0.39, 0.29) is 0 Å². The highest BCUT2D eigenvalue weighted by Crippen LogP contribution is 2.36. The van der Waals surface area contributed by atoms with Crippen molar-refractivity contribution in [3.63, 3.8) is 0 Å². The van der Waals surface area contributed by atoms with Crippen molar-refractivity contribution in [2.45, 2.75) is 45.1 Å². The SMILES string of the molecule is CC(C)C1CCCC(O)(C(=O)O)C1. The Hall–Kier alpha value is -0.570. The van der Waals surface area contributed by atoms with Crippen molar-refractivity contribution in [1.29, 1.82) is 0 Å². The predicted molar refractivity (Wildman–Crippen MR) is 49.4 cm³/mol. The van der Waals surface area contributed by atoms with Gasteiger partial charge < -0.3 is 10.2 Å². The number of carboxylic acids is 1. The monoisotopic (exact) mass is 186 g/mol. The molecule has 0 aromatic rings. The van der Waals surface area contributed by atoms with Gasteiger partial charge >= 0.3 is 5.97 Å². The molecule has 0 radical (unpaired) electrons. The topological polar surface area (TPSA) is 57.5 Å². The lowest BCUT2D eigenvalue weighted by Crippen LogP contribution is -2.43. The van der Waals surface area contributed by atoms with Crippen molar-refractivity contribution in [3.05, 3.63) is 0 Å². The number of hydrogen-bond acceptors (Lipinski definition) is 2. The predicted octanol–water partition coefficient (Wildman–Crippen LogP) is 1.65. The lowest BCUT2D eigenvalue weighted by molar-refractivity contribution is -0.164. The van der Waals surface area contributed by atoms with Crippen LogP contribution in [0.25, 0.3) is 0 Å². The molecule has 0 bridgehead atoms. The molecule has 0 aromatic carbocycles. The van der Waals surface area contributed by atoms with E-state index in [0.717, 1.165) is 12.8 Å². The molecule has 1 rings (SSSR count). The molecule has 0 aliphatic heterocycles. The second-order valence-corrected chi connectivity index (χ2v) is 4.44. The molecular formula is C10H18O3. The fourth-order valence-electron chi connectivity index (χ4n) is 2.06. The van der Waals surface area contributed by atoms with E-state index in [1.54, 1.807) is 0 Å². The molecule has 2 N–H and O–H groups in total. The quantitative estimate of drug-likeness (QED) is 0.689. The number of aliphatic hydroxyl groups is 1. The Kier molecular flexibility index (Phi) is 2.96. The van der Waals surface area contributed by atoms with E-state index in [1.807, 2.05) is 0 Å². The zero-order chi connectivity index (χ0) is 10.1. The van der Waals surface area contributed by atoms with E-state index in [2.05, 4.69) is 13.8 Å². The molecule has 0 heterocycles. The third-order valence-corrected chi connectivity index (χ3v) is 3.11. The summed E-state index contributed by atoms with van der Waals surface area (Å²) in [5.41, 5.74) is -1.45. The second-order valence-electron chi connectivity index (χ2n) is 4.44. The Morgan fingerprint density at radius 3 is 2.62 bits per heavy atom. The van der Waals surface area contributed by atoms with Crippen molar-refractivity contribution in [3.8, 4) is 0 Å². The number of carbonyl (C=O) groups is 1. The number of rotatable bonds is 2. The molecule has 2 unspecified atom stereocenters. The zero-order valence-corrected chi connectivity index (χ0v) is 8.29. The van der Waals surface area contributed by atoms with Gasteiger partial charge in [-0.2, -0.15) is 0 Å². The first-order valence-corrected chi connectivity index (χ1v) is 4.91. The molecule has 0 amide bonds. The molecule has 1 saturated carbocycles. The number of aliphatic carboxylic acids is 1. The van der Waals surface area contributed by atoms with Crippen LogP contribution in [0.3, 0.4) is 0 Å². The van der Waals surface area contributed by atoms with Crippen LogP contribution in [-0.2, 0) is 4.79 Å². The van der Waals surface area contributed by atoms with Crippen molar-refractivity contribution in [2.75, 3.05) is 0 Å². The van der Waals surface area contributed by atoms with Gasteiger partial charge in [-0.15, -0.1) is 0 Å². The second kappa shape index (κ2) is 3.66. The van der Waals surface area contributed by atoms with Crippen molar-refractivity contribution >= 4 is 5.97 Å². The highest BCUT2D eigenvalue weighted by Gasteiger charge is 2.41. The van der Waals surface area contributed by atoms with Crippen molar-refractivity contribution in [1.82, 2.24) is 0 Å². The minimum absolute atomic E-state index is 0.356. The zero-order valence-electron chi connectivity index (χ0n) is 8.29. The largest absolute Gasteiger partial charge is 0.479 e. The first-order chi connectivity index (χ1) is 5.96. The summed E-state index contributed by atoms with van der Waals surface area (Å²) in [6, 6.07) is 0. The van der Waals surface area contributed by atoms with Gasteiger partial charge in [0.15, 0.2) is 5.60 Å². The molecular weight excluding hydrogens is 168 g/mol. The summed E-state index contributed by atoms with van der Waals surface area (Å²) in [7, 11) is 0. The molecule has 1 fully saturated rings. The Morgan fingerprint density at radius 1 is 1.54 bits per heavy atom. The first kappa shape index (κ1) is 10.5. The molecule has 1 aliphatic rings. The van der Waals surface area contributed by atoms with Gasteiger partial charge in [-0.05, 0) is 37.5 Å². The molecule has 3 heteroatoms. The van der Waals surface area contributed by atoms with Crippen LogP contribution < -0.4 is 0 Å². The van der Waals surface area contributed by atoms with Crippen molar-refractivity contribution < 1.29 is 15.0 Å². The summed E-state index contributed by atoms with van der Waals surface area (Å²) >= 11 is 0. The summed E-state index contributed by atoms with van der Waals surface area (Å²) < 4.78 is 0. The summed E-state index contributed by atoms with van der Waals surface area (Å²) in [5.74, 6) is -0.237. The van der Waals surface area contributed by atoms with Gasteiger partial charge in [-0.3, -0.25) is 0 Å². The first-order valence-electron chi connectivity index (χ1n) is 4.91. The standard InChI is InChI=1S/C10H18O3/c1-7(2)8-4-3-5-10(13,6-8)9(11)12/h7-8,13H,3-6H2,1-2H3,(H,11,12). The highest BCUT2D eigenvalue weighted by molar-refractivity contribution is 5.77. The van der Waals surface area contributed by atoms with Gasteiger partial charge in [-0.25, -0.2) is 4.79 Å². The van der Waals surface area contributed by atoms with Crippen LogP contribution in [0.15, 0.2) is 0 Å². The summed E-state index contributed by atoms with van der Waals surface area (Å²) in [6.07, 6.45) is 2.70. The van der Waals surface area contributed by atoms with Crippen LogP contribution in [0.1, 0.15) is 39.5 Å². The summed E-state index contributed by atoms with van der Waals surface area (Å²) in [5, 5.41) is 18.6. The molecule has 3 nitrogen and oxygen atoms in total. The van der Waals surface area contributed by atoms with E-state index < -0.39 is 11.6 Å². The van der Waals surface area contributed by atoms with Crippen LogP contribution >= 0.6 is 0 Å². The summed E-state index contributed by atoms with van der Waals surface area (Å²) in [6.45, 7) is 4.16. The fourth-order valence-corrected chi connectivity index (χ4v) is 2.06. The van der Waals surface area contributed by atoms with Crippen LogP contribution in [0.5, 0.6) is 0 Å². The minimum atomic E-state index is -1.45. The van der Waals surface area contributed by atoms with Gasteiger partial charge in [0.05, 0.1) is 0 Å².